The highest BCUT2D eigenvalue weighted by Crippen LogP contribution is 2.18. The van der Waals surface area contributed by atoms with E-state index in [4.69, 9.17) is 0 Å². The molecule has 2 N–H and O–H groups in total. The lowest BCUT2D eigenvalue weighted by atomic mass is 10.1. The van der Waals surface area contributed by atoms with Crippen LogP contribution in [0.25, 0.3) is 0 Å². The average Bonchev–Trinajstić information content (AvgIpc) is 3.05. The van der Waals surface area contributed by atoms with E-state index in [0.29, 0.717) is 29.1 Å². The van der Waals surface area contributed by atoms with Gasteiger partial charge >= 0.3 is 5.69 Å². The predicted octanol–water partition coefficient (Wildman–Crippen LogP) is 0.970. The second-order valence-corrected chi connectivity index (χ2v) is 6.40. The molecule has 3 rings (SSSR count). The molecule has 1 amide bonds. The molecule has 0 aromatic carbocycles. The minimum atomic E-state index is -0.202. The van der Waals surface area contributed by atoms with Gasteiger partial charge in [0.05, 0.1) is 9.75 Å². The molecule has 8 heteroatoms. The first kappa shape index (κ1) is 14.7. The summed E-state index contributed by atoms with van der Waals surface area (Å²) in [6.07, 6.45) is 2.07. The van der Waals surface area contributed by atoms with Crippen molar-refractivity contribution in [3.63, 3.8) is 0 Å². The van der Waals surface area contributed by atoms with Crippen LogP contribution >= 0.6 is 11.3 Å². The highest BCUT2D eigenvalue weighted by molar-refractivity contribution is 7.15. The first-order valence-corrected chi connectivity index (χ1v) is 7.92. The number of nitrogens with zero attached hydrogens (tertiary/aromatic N) is 2. The van der Waals surface area contributed by atoms with Gasteiger partial charge in [-0.1, -0.05) is 0 Å². The van der Waals surface area contributed by atoms with Crippen LogP contribution in [0.5, 0.6) is 0 Å². The Morgan fingerprint density at radius 2 is 2.14 bits per heavy atom. The normalized spacial score (nSPS) is 17.6. The van der Waals surface area contributed by atoms with E-state index in [-0.39, 0.29) is 23.4 Å². The maximum absolute atomic E-state index is 12.2. The summed E-state index contributed by atoms with van der Waals surface area (Å²) in [7, 11) is 0. The number of aromatic nitrogens is 3. The summed E-state index contributed by atoms with van der Waals surface area (Å²) in [6.45, 7) is 2.02. The second kappa shape index (κ2) is 5.88. The number of thiophene rings is 1. The van der Waals surface area contributed by atoms with Crippen molar-refractivity contribution in [2.75, 3.05) is 0 Å². The summed E-state index contributed by atoms with van der Waals surface area (Å²) < 4.78 is 1.62. The fourth-order valence-electron chi connectivity index (χ4n) is 2.55. The fraction of sp³-hybridized carbons (Fsp3) is 0.429. The molecule has 2 aromatic heterocycles. The van der Waals surface area contributed by atoms with Crippen LogP contribution in [-0.2, 0) is 13.0 Å². The number of aromatic amines is 1. The molecule has 1 aliphatic rings. The monoisotopic (exact) mass is 320 g/mol. The zero-order valence-corrected chi connectivity index (χ0v) is 12.9. The largest absolute Gasteiger partial charge is 0.349 e. The van der Waals surface area contributed by atoms with Gasteiger partial charge in [0.1, 0.15) is 5.82 Å². The van der Waals surface area contributed by atoms with Crippen molar-refractivity contribution in [3.05, 3.63) is 38.2 Å². The number of hydrogen-bond donors (Lipinski definition) is 2. The van der Waals surface area contributed by atoms with Crippen LogP contribution in [0.1, 0.15) is 44.9 Å². The van der Waals surface area contributed by atoms with E-state index in [1.54, 1.807) is 16.7 Å². The Balaban J connectivity index is 1.65. The van der Waals surface area contributed by atoms with Crippen LogP contribution in [-0.4, -0.2) is 32.5 Å². The first-order valence-electron chi connectivity index (χ1n) is 7.10. The van der Waals surface area contributed by atoms with E-state index in [1.807, 2.05) is 0 Å². The van der Waals surface area contributed by atoms with Crippen molar-refractivity contribution in [2.24, 2.45) is 0 Å². The van der Waals surface area contributed by atoms with Gasteiger partial charge in [-0.2, -0.15) is 5.10 Å². The molecule has 22 heavy (non-hydrogen) atoms. The average molecular weight is 320 g/mol. The molecule has 7 nitrogen and oxygen atoms in total. The van der Waals surface area contributed by atoms with Gasteiger partial charge in [-0.25, -0.2) is 9.89 Å². The maximum atomic E-state index is 12.2. The summed E-state index contributed by atoms with van der Waals surface area (Å²) >= 11 is 1.20. The zero-order chi connectivity index (χ0) is 15.7. The molecule has 2 aromatic rings. The molecular formula is C14H16N4O3S. The maximum Gasteiger partial charge on any atom is 0.343 e. The number of hydrogen-bond acceptors (Lipinski definition) is 5. The lowest BCUT2D eigenvalue weighted by molar-refractivity contribution is 0.0936. The van der Waals surface area contributed by atoms with Crippen molar-refractivity contribution in [1.82, 2.24) is 20.1 Å². The van der Waals surface area contributed by atoms with Crippen LogP contribution in [0.4, 0.5) is 0 Å². The fourth-order valence-corrected chi connectivity index (χ4v) is 3.36. The number of carbonyl (C=O) groups is 2. The molecule has 0 saturated carbocycles. The molecule has 0 saturated heterocycles. The summed E-state index contributed by atoms with van der Waals surface area (Å²) in [6, 6.07) is 3.34. The topological polar surface area (TPSA) is 96.8 Å². The predicted molar refractivity (Wildman–Crippen MR) is 81.4 cm³/mol. The second-order valence-electron chi connectivity index (χ2n) is 5.31. The van der Waals surface area contributed by atoms with E-state index in [0.717, 1.165) is 12.2 Å². The molecule has 1 unspecified atom stereocenters. The van der Waals surface area contributed by atoms with Gasteiger partial charge in [0.2, 0.25) is 0 Å². The van der Waals surface area contributed by atoms with Gasteiger partial charge in [-0.05, 0) is 31.9 Å². The molecule has 0 aliphatic carbocycles. The molecule has 1 aliphatic heterocycles. The van der Waals surface area contributed by atoms with Crippen molar-refractivity contribution in [1.29, 1.82) is 0 Å². The SMILES string of the molecule is CC(=O)c1ccc(C(=O)NC2CCc3n[nH]c(=O)n3CC2)s1. The standard InChI is InChI=1S/C14H16N4O3S/c1-8(19)10-3-4-11(22-10)13(20)15-9-2-5-12-16-17-14(21)18(12)7-6-9/h3-4,9H,2,5-7H2,1H3,(H,15,20)(H,17,21). The van der Waals surface area contributed by atoms with Crippen LogP contribution in [0.3, 0.4) is 0 Å². The number of nitrogens with one attached hydrogen (secondary N) is 2. The van der Waals surface area contributed by atoms with Gasteiger partial charge in [0, 0.05) is 19.0 Å². The van der Waals surface area contributed by atoms with Crippen molar-refractivity contribution in [2.45, 2.75) is 38.8 Å². The molecule has 0 bridgehead atoms. The number of carbonyl (C=O) groups excluding carboxylic acids is 2. The molecule has 1 atom stereocenters. The molecule has 116 valence electrons. The Kier molecular flexibility index (Phi) is 3.93. The highest BCUT2D eigenvalue weighted by Gasteiger charge is 2.21. The van der Waals surface area contributed by atoms with E-state index in [9.17, 15) is 14.4 Å². The van der Waals surface area contributed by atoms with Gasteiger partial charge in [0.15, 0.2) is 5.78 Å². The number of aryl methyl sites for hydroxylation is 1. The van der Waals surface area contributed by atoms with Gasteiger partial charge < -0.3 is 5.32 Å². The minimum absolute atomic E-state index is 0.00326. The van der Waals surface area contributed by atoms with E-state index in [1.165, 1.54) is 18.3 Å². The molecular weight excluding hydrogens is 304 g/mol. The Morgan fingerprint density at radius 1 is 1.36 bits per heavy atom. The van der Waals surface area contributed by atoms with Gasteiger partial charge in [0.25, 0.3) is 5.91 Å². The highest BCUT2D eigenvalue weighted by atomic mass is 32.1. The third-order valence-corrected chi connectivity index (χ3v) is 4.95. The Hall–Kier alpha value is -2.22. The van der Waals surface area contributed by atoms with Crippen molar-refractivity contribution < 1.29 is 9.59 Å². The van der Waals surface area contributed by atoms with Crippen LogP contribution in [0.2, 0.25) is 0 Å². The molecule has 0 radical (unpaired) electrons. The lowest BCUT2D eigenvalue weighted by Gasteiger charge is -2.15. The zero-order valence-electron chi connectivity index (χ0n) is 12.1. The van der Waals surface area contributed by atoms with Crippen molar-refractivity contribution in [3.8, 4) is 0 Å². The first-order chi connectivity index (χ1) is 10.5. The smallest absolute Gasteiger partial charge is 0.343 e. The Morgan fingerprint density at radius 3 is 2.86 bits per heavy atom. The number of Topliss-reactive ketones (excluding diaryl/α,β-unsaturated/α-hetero) is 1. The number of amides is 1. The summed E-state index contributed by atoms with van der Waals surface area (Å²) in [5.74, 6) is 0.524. The van der Waals surface area contributed by atoms with Gasteiger partial charge in [-0.3, -0.25) is 14.2 Å². The number of rotatable bonds is 3. The van der Waals surface area contributed by atoms with Crippen LogP contribution < -0.4 is 11.0 Å². The van der Waals surface area contributed by atoms with Crippen molar-refractivity contribution >= 4 is 23.0 Å². The van der Waals surface area contributed by atoms with E-state index in [2.05, 4.69) is 15.5 Å². The quantitative estimate of drug-likeness (QED) is 0.824. The van der Waals surface area contributed by atoms with Crippen LogP contribution in [0.15, 0.2) is 16.9 Å². The Labute approximate surface area is 130 Å². The summed E-state index contributed by atoms with van der Waals surface area (Å²) in [4.78, 5) is 36.2. The van der Waals surface area contributed by atoms with E-state index < -0.39 is 0 Å². The summed E-state index contributed by atoms with van der Waals surface area (Å²) in [5.41, 5.74) is -0.202. The molecule has 0 spiro atoms. The van der Waals surface area contributed by atoms with Crippen LogP contribution in [0, 0.1) is 0 Å². The lowest BCUT2D eigenvalue weighted by Crippen LogP contribution is -2.35. The minimum Gasteiger partial charge on any atom is -0.349 e. The number of fused-ring (bicyclic) bond motifs is 1. The third-order valence-electron chi connectivity index (χ3n) is 3.77. The summed E-state index contributed by atoms with van der Waals surface area (Å²) in [5, 5.41) is 9.41. The van der Waals surface area contributed by atoms with Gasteiger partial charge in [-0.15, -0.1) is 11.3 Å². The molecule has 3 heterocycles. The number of H-pyrrole nitrogens is 1. The molecule has 0 fully saturated rings. The van der Waals surface area contributed by atoms with E-state index >= 15 is 0 Å². The number of ketones is 1. The Bertz CT molecular complexity index is 773. The third kappa shape index (κ3) is 2.87.